The first kappa shape index (κ1) is 14.0. The van der Waals surface area contributed by atoms with Crippen LogP contribution in [0.5, 0.6) is 0 Å². The van der Waals surface area contributed by atoms with Gasteiger partial charge in [0.15, 0.2) is 0 Å². The molecule has 0 unspecified atom stereocenters. The lowest BCUT2D eigenvalue weighted by Gasteiger charge is -2.19. The van der Waals surface area contributed by atoms with E-state index in [-0.39, 0.29) is 27.6 Å². The van der Waals surface area contributed by atoms with Crippen molar-refractivity contribution in [2.24, 2.45) is 0 Å². The second-order valence-corrected chi connectivity index (χ2v) is 4.34. The molecule has 0 aliphatic carbocycles. The van der Waals surface area contributed by atoms with Gasteiger partial charge in [0, 0.05) is 10.0 Å². The molecular formula is C11H9BrF3O2-. The lowest BCUT2D eigenvalue weighted by atomic mass is 9.97. The smallest absolute Gasteiger partial charge is 0.416 e. The van der Waals surface area contributed by atoms with Gasteiger partial charge in [-0.15, -0.1) is 0 Å². The van der Waals surface area contributed by atoms with E-state index in [1.807, 2.05) is 0 Å². The average Bonchev–Trinajstić information content (AvgIpc) is 2.14. The second-order valence-electron chi connectivity index (χ2n) is 3.55. The molecule has 0 saturated carbocycles. The third kappa shape index (κ3) is 2.62. The molecule has 0 aromatic heterocycles. The summed E-state index contributed by atoms with van der Waals surface area (Å²) < 4.78 is 38.2. The van der Waals surface area contributed by atoms with Gasteiger partial charge in [0.2, 0.25) is 0 Å². The minimum Gasteiger partial charge on any atom is -0.545 e. The molecule has 0 fully saturated rings. The number of carbonyl (C=O) groups is 1. The number of rotatable bonds is 2. The van der Waals surface area contributed by atoms with Gasteiger partial charge in [-0.05, 0) is 46.5 Å². The first-order valence-corrected chi connectivity index (χ1v) is 5.60. The summed E-state index contributed by atoms with van der Waals surface area (Å²) in [5, 5.41) is 10.8. The van der Waals surface area contributed by atoms with Gasteiger partial charge in [-0.3, -0.25) is 0 Å². The van der Waals surface area contributed by atoms with E-state index in [9.17, 15) is 23.1 Å². The average molecular weight is 310 g/mol. The van der Waals surface area contributed by atoms with Crippen LogP contribution in [-0.4, -0.2) is 5.97 Å². The summed E-state index contributed by atoms with van der Waals surface area (Å²) in [5.41, 5.74) is -1.08. The van der Waals surface area contributed by atoms with Gasteiger partial charge in [-0.2, -0.15) is 13.2 Å². The highest BCUT2D eigenvalue weighted by Crippen LogP contribution is 2.38. The highest BCUT2D eigenvalue weighted by atomic mass is 79.9. The number of carboxylic acids is 1. The highest BCUT2D eigenvalue weighted by Gasteiger charge is 2.34. The summed E-state index contributed by atoms with van der Waals surface area (Å²) in [6.07, 6.45) is -4.42. The summed E-state index contributed by atoms with van der Waals surface area (Å²) >= 11 is 2.92. The summed E-state index contributed by atoms with van der Waals surface area (Å²) in [6, 6.07) is 0.842. The second kappa shape index (κ2) is 4.68. The first-order chi connectivity index (χ1) is 7.70. The van der Waals surface area contributed by atoms with Crippen molar-refractivity contribution in [3.8, 4) is 0 Å². The fraction of sp³-hybridized carbons (Fsp3) is 0.364. The monoisotopic (exact) mass is 309 g/mol. The van der Waals surface area contributed by atoms with Crippen LogP contribution in [0.15, 0.2) is 10.5 Å². The Hall–Kier alpha value is -1.04. The van der Waals surface area contributed by atoms with Crippen molar-refractivity contribution < 1.29 is 23.1 Å². The van der Waals surface area contributed by atoms with Gasteiger partial charge in [-0.1, -0.05) is 6.92 Å². The molecule has 0 atom stereocenters. The molecule has 0 heterocycles. The van der Waals surface area contributed by atoms with Crippen LogP contribution in [0.2, 0.25) is 0 Å². The molecule has 1 aromatic carbocycles. The maximum Gasteiger partial charge on any atom is 0.416 e. The third-order valence-corrected chi connectivity index (χ3v) is 3.30. The van der Waals surface area contributed by atoms with Crippen LogP contribution in [0.3, 0.4) is 0 Å². The zero-order valence-electron chi connectivity index (χ0n) is 9.11. The summed E-state index contributed by atoms with van der Waals surface area (Å²) in [6.45, 7) is 2.84. The van der Waals surface area contributed by atoms with Crippen LogP contribution in [0.25, 0.3) is 0 Å². The van der Waals surface area contributed by atoms with E-state index in [0.717, 1.165) is 6.07 Å². The zero-order valence-corrected chi connectivity index (χ0v) is 10.7. The number of halogens is 4. The lowest BCUT2D eigenvalue weighted by Crippen LogP contribution is -2.25. The Morgan fingerprint density at radius 1 is 1.47 bits per heavy atom. The molecule has 0 spiro atoms. The van der Waals surface area contributed by atoms with Gasteiger partial charge < -0.3 is 9.90 Å². The number of carboxylic acid groups (broad SMARTS) is 1. The Balaban J connectivity index is 3.64. The number of hydrogen-bond acceptors (Lipinski definition) is 2. The fourth-order valence-corrected chi connectivity index (χ4v) is 2.64. The molecular weight excluding hydrogens is 301 g/mol. The van der Waals surface area contributed by atoms with Crippen molar-refractivity contribution in [3.05, 3.63) is 32.8 Å². The lowest BCUT2D eigenvalue weighted by molar-refractivity contribution is -0.255. The van der Waals surface area contributed by atoms with E-state index in [4.69, 9.17) is 0 Å². The normalized spacial score (nSPS) is 11.6. The molecule has 0 radical (unpaired) electrons. The van der Waals surface area contributed by atoms with Crippen LogP contribution in [0.1, 0.15) is 34.0 Å². The van der Waals surface area contributed by atoms with E-state index in [1.54, 1.807) is 0 Å². The van der Waals surface area contributed by atoms with Gasteiger partial charge in [0.05, 0.1) is 11.5 Å². The summed E-state index contributed by atoms with van der Waals surface area (Å²) in [5.74, 6) is -1.49. The largest absolute Gasteiger partial charge is 0.545 e. The Labute approximate surface area is 105 Å². The standard InChI is InChI=1S/C11H10BrF3O2/c1-3-6-7(11(13,14)15)4-5(2)8(9(6)12)10(16)17/h4H,3H2,1-2H3,(H,16,17)/p-1. The molecule has 2 nitrogen and oxygen atoms in total. The Morgan fingerprint density at radius 2 is 2.00 bits per heavy atom. The van der Waals surface area contributed by atoms with Crippen molar-refractivity contribution in [1.29, 1.82) is 0 Å². The SMILES string of the molecule is CCc1c(C(F)(F)F)cc(C)c(C(=O)[O-])c1Br. The Morgan fingerprint density at radius 3 is 2.35 bits per heavy atom. The molecule has 0 saturated heterocycles. The maximum atomic E-state index is 12.7. The molecule has 0 aliphatic heterocycles. The van der Waals surface area contributed by atoms with E-state index in [0.29, 0.717) is 0 Å². The van der Waals surface area contributed by atoms with Crippen molar-refractivity contribution in [3.63, 3.8) is 0 Å². The third-order valence-electron chi connectivity index (χ3n) is 2.43. The molecule has 0 bridgehead atoms. The zero-order chi connectivity index (χ0) is 13.4. The van der Waals surface area contributed by atoms with E-state index < -0.39 is 17.7 Å². The molecule has 94 valence electrons. The Bertz CT molecular complexity index is 467. The predicted molar refractivity (Wildman–Crippen MR) is 57.6 cm³/mol. The predicted octanol–water partition coefficient (Wildman–Crippen LogP) is 2.70. The number of aryl methyl sites for hydroxylation is 1. The van der Waals surface area contributed by atoms with Crippen molar-refractivity contribution in [1.82, 2.24) is 0 Å². The minimum atomic E-state index is -4.50. The quantitative estimate of drug-likeness (QED) is 0.842. The van der Waals surface area contributed by atoms with Crippen LogP contribution in [0, 0.1) is 6.92 Å². The summed E-state index contributed by atoms with van der Waals surface area (Å²) in [7, 11) is 0. The molecule has 6 heteroatoms. The van der Waals surface area contributed by atoms with E-state index >= 15 is 0 Å². The number of benzene rings is 1. The van der Waals surface area contributed by atoms with Crippen molar-refractivity contribution >= 4 is 21.9 Å². The molecule has 1 aromatic rings. The van der Waals surface area contributed by atoms with Crippen molar-refractivity contribution in [2.75, 3.05) is 0 Å². The molecule has 1 rings (SSSR count). The number of aromatic carboxylic acids is 1. The van der Waals surface area contributed by atoms with Crippen LogP contribution in [0.4, 0.5) is 13.2 Å². The van der Waals surface area contributed by atoms with E-state index in [2.05, 4.69) is 15.9 Å². The van der Waals surface area contributed by atoms with Crippen LogP contribution in [-0.2, 0) is 12.6 Å². The van der Waals surface area contributed by atoms with Gasteiger partial charge in [0.1, 0.15) is 0 Å². The molecule has 0 N–H and O–H groups in total. The van der Waals surface area contributed by atoms with Crippen LogP contribution >= 0.6 is 15.9 Å². The first-order valence-electron chi connectivity index (χ1n) is 4.80. The molecule has 17 heavy (non-hydrogen) atoms. The fourth-order valence-electron chi connectivity index (χ4n) is 1.67. The van der Waals surface area contributed by atoms with Gasteiger partial charge in [-0.25, -0.2) is 0 Å². The van der Waals surface area contributed by atoms with Gasteiger partial charge >= 0.3 is 6.18 Å². The van der Waals surface area contributed by atoms with Crippen molar-refractivity contribution in [2.45, 2.75) is 26.4 Å². The minimum absolute atomic E-state index is 0.0291. The topological polar surface area (TPSA) is 40.1 Å². The number of hydrogen-bond donors (Lipinski definition) is 0. The Kier molecular flexibility index (Phi) is 3.86. The number of carbonyl (C=O) groups excluding carboxylic acids is 1. The van der Waals surface area contributed by atoms with Crippen LogP contribution < -0.4 is 5.11 Å². The summed E-state index contributed by atoms with van der Waals surface area (Å²) in [4.78, 5) is 10.8. The molecule has 0 amide bonds. The van der Waals surface area contributed by atoms with E-state index in [1.165, 1.54) is 13.8 Å². The van der Waals surface area contributed by atoms with Gasteiger partial charge in [0.25, 0.3) is 0 Å². The maximum absolute atomic E-state index is 12.7. The molecule has 0 aliphatic rings. The number of alkyl halides is 3. The highest BCUT2D eigenvalue weighted by molar-refractivity contribution is 9.10.